The van der Waals surface area contributed by atoms with E-state index in [9.17, 15) is 18.0 Å². The number of sulfonamides is 1. The van der Waals surface area contributed by atoms with Gasteiger partial charge in [-0.2, -0.15) is 0 Å². The number of carbonyl (C=O) groups is 2. The third kappa shape index (κ3) is 8.11. The van der Waals surface area contributed by atoms with Crippen LogP contribution < -0.4 is 9.62 Å². The van der Waals surface area contributed by atoms with Gasteiger partial charge >= 0.3 is 0 Å². The fourth-order valence-electron chi connectivity index (χ4n) is 3.87. The first kappa shape index (κ1) is 30.8. The van der Waals surface area contributed by atoms with E-state index in [2.05, 4.69) is 5.32 Å². The van der Waals surface area contributed by atoms with Crippen LogP contribution in [0.5, 0.6) is 0 Å². The molecule has 39 heavy (non-hydrogen) atoms. The Bertz CT molecular complexity index is 1430. The molecule has 11 heteroatoms. The molecule has 3 rings (SSSR count). The molecule has 0 saturated heterocycles. The van der Waals surface area contributed by atoms with E-state index in [1.807, 2.05) is 20.8 Å². The number of nitrogens with zero attached hydrogens (tertiary/aromatic N) is 2. The lowest BCUT2D eigenvalue weighted by Gasteiger charge is -2.32. The summed E-state index contributed by atoms with van der Waals surface area (Å²) in [5.74, 6) is -0.979. The van der Waals surface area contributed by atoms with Gasteiger partial charge in [-0.15, -0.1) is 0 Å². The molecule has 3 aromatic carbocycles. The van der Waals surface area contributed by atoms with Crippen molar-refractivity contribution < 1.29 is 18.0 Å². The zero-order chi connectivity index (χ0) is 28.9. The molecule has 0 heterocycles. The first-order chi connectivity index (χ1) is 18.3. The SMILES string of the molecule is Cc1ccc(S(=O)(=O)N(CC(=O)N(Cc2cccc(Cl)c2)C(C)C(=O)NC(C)C)c2cc(Cl)cc(Cl)c2)cc1. The number of rotatable bonds is 10. The minimum Gasteiger partial charge on any atom is -0.352 e. The maximum Gasteiger partial charge on any atom is 0.264 e. The minimum atomic E-state index is -4.23. The van der Waals surface area contributed by atoms with Crippen LogP contribution in [-0.2, 0) is 26.2 Å². The Balaban J connectivity index is 2.07. The van der Waals surface area contributed by atoms with Crippen molar-refractivity contribution in [2.24, 2.45) is 0 Å². The van der Waals surface area contributed by atoms with E-state index in [4.69, 9.17) is 34.8 Å². The lowest BCUT2D eigenvalue weighted by molar-refractivity contribution is -0.139. The van der Waals surface area contributed by atoms with E-state index < -0.39 is 28.5 Å². The molecule has 0 spiro atoms. The Hall–Kier alpha value is -2.78. The summed E-state index contributed by atoms with van der Waals surface area (Å²) in [7, 11) is -4.23. The van der Waals surface area contributed by atoms with Gasteiger partial charge in [0.1, 0.15) is 12.6 Å². The van der Waals surface area contributed by atoms with E-state index >= 15 is 0 Å². The maximum atomic E-state index is 13.9. The number of halogens is 3. The molecule has 0 aliphatic carbocycles. The third-order valence-corrected chi connectivity index (χ3v) is 8.32. The fourth-order valence-corrected chi connectivity index (χ4v) is 5.99. The van der Waals surface area contributed by atoms with Gasteiger partial charge in [-0.05, 0) is 75.7 Å². The van der Waals surface area contributed by atoms with Crippen LogP contribution in [0, 0.1) is 6.92 Å². The zero-order valence-corrected chi connectivity index (χ0v) is 25.1. The molecule has 0 aromatic heterocycles. The van der Waals surface area contributed by atoms with Crippen LogP contribution in [0.1, 0.15) is 31.9 Å². The highest BCUT2D eigenvalue weighted by molar-refractivity contribution is 7.92. The average Bonchev–Trinajstić information content (AvgIpc) is 2.84. The number of nitrogens with one attached hydrogen (secondary N) is 1. The molecule has 1 N–H and O–H groups in total. The maximum absolute atomic E-state index is 13.9. The summed E-state index contributed by atoms with van der Waals surface area (Å²) in [6.07, 6.45) is 0. The van der Waals surface area contributed by atoms with E-state index in [1.54, 1.807) is 43.3 Å². The predicted molar refractivity (Wildman–Crippen MR) is 157 cm³/mol. The number of carbonyl (C=O) groups excluding carboxylic acids is 2. The van der Waals surface area contributed by atoms with Crippen LogP contribution in [0.3, 0.4) is 0 Å². The molecule has 1 unspecified atom stereocenters. The molecule has 7 nitrogen and oxygen atoms in total. The van der Waals surface area contributed by atoms with Gasteiger partial charge in [0, 0.05) is 27.7 Å². The van der Waals surface area contributed by atoms with Gasteiger partial charge in [-0.3, -0.25) is 13.9 Å². The van der Waals surface area contributed by atoms with Crippen molar-refractivity contribution >= 4 is 62.3 Å². The third-order valence-electron chi connectivity index (χ3n) is 5.86. The summed E-state index contributed by atoms with van der Waals surface area (Å²) in [6, 6.07) is 16.4. The largest absolute Gasteiger partial charge is 0.352 e. The van der Waals surface area contributed by atoms with Crippen molar-refractivity contribution in [1.29, 1.82) is 0 Å². The Morgan fingerprint density at radius 3 is 2.05 bits per heavy atom. The predicted octanol–water partition coefficient (Wildman–Crippen LogP) is 6.09. The summed E-state index contributed by atoms with van der Waals surface area (Å²) in [5, 5.41) is 3.69. The Morgan fingerprint density at radius 2 is 1.49 bits per heavy atom. The molecule has 0 aliphatic rings. The molecule has 0 radical (unpaired) electrons. The van der Waals surface area contributed by atoms with Crippen LogP contribution in [0.25, 0.3) is 0 Å². The molecule has 0 aliphatic heterocycles. The van der Waals surface area contributed by atoms with Crippen LogP contribution in [0.15, 0.2) is 71.6 Å². The number of anilines is 1. The molecule has 1 atom stereocenters. The van der Waals surface area contributed by atoms with Gasteiger partial charge in [-0.25, -0.2) is 8.42 Å². The van der Waals surface area contributed by atoms with Crippen molar-refractivity contribution in [2.75, 3.05) is 10.8 Å². The van der Waals surface area contributed by atoms with Gasteiger partial charge in [0.25, 0.3) is 10.0 Å². The molecular formula is C28H30Cl3N3O4S. The Kier molecular flexibility index (Phi) is 10.3. The molecule has 208 valence electrons. The van der Waals surface area contributed by atoms with Crippen LogP contribution in [-0.4, -0.2) is 43.8 Å². The second-order valence-corrected chi connectivity index (χ2v) is 12.6. The summed E-state index contributed by atoms with van der Waals surface area (Å²) < 4.78 is 28.7. The number of benzene rings is 3. The second kappa shape index (κ2) is 13.0. The van der Waals surface area contributed by atoms with E-state index in [0.29, 0.717) is 10.6 Å². The first-order valence-electron chi connectivity index (χ1n) is 12.2. The zero-order valence-electron chi connectivity index (χ0n) is 22.0. The van der Waals surface area contributed by atoms with Crippen LogP contribution in [0.4, 0.5) is 5.69 Å². The van der Waals surface area contributed by atoms with Crippen LogP contribution in [0.2, 0.25) is 15.1 Å². The number of hydrogen-bond acceptors (Lipinski definition) is 4. The normalized spacial score (nSPS) is 12.2. The van der Waals surface area contributed by atoms with Crippen molar-refractivity contribution in [3.05, 3.63) is 92.9 Å². The minimum absolute atomic E-state index is 0.0102. The van der Waals surface area contributed by atoms with Crippen molar-refractivity contribution in [1.82, 2.24) is 10.2 Å². The number of hydrogen-bond donors (Lipinski definition) is 1. The van der Waals surface area contributed by atoms with Gasteiger partial charge < -0.3 is 10.2 Å². The van der Waals surface area contributed by atoms with Gasteiger partial charge in [0.15, 0.2) is 0 Å². The molecule has 0 fully saturated rings. The van der Waals surface area contributed by atoms with Crippen molar-refractivity contribution in [3.8, 4) is 0 Å². The van der Waals surface area contributed by atoms with Gasteiger partial charge in [0.05, 0.1) is 10.6 Å². The molecular weight excluding hydrogens is 581 g/mol. The molecule has 3 aromatic rings. The fraction of sp³-hybridized carbons (Fsp3) is 0.286. The number of amides is 2. The topological polar surface area (TPSA) is 86.8 Å². The summed E-state index contributed by atoms with van der Waals surface area (Å²) in [6.45, 7) is 6.48. The highest BCUT2D eigenvalue weighted by Crippen LogP contribution is 2.30. The molecule has 0 bridgehead atoms. The Morgan fingerprint density at radius 1 is 0.872 bits per heavy atom. The highest BCUT2D eigenvalue weighted by Gasteiger charge is 2.33. The Labute approximate surface area is 244 Å². The summed E-state index contributed by atoms with van der Waals surface area (Å²) in [4.78, 5) is 28.2. The lowest BCUT2D eigenvalue weighted by Crippen LogP contribution is -2.52. The van der Waals surface area contributed by atoms with Crippen LogP contribution >= 0.6 is 34.8 Å². The molecule has 2 amide bonds. The highest BCUT2D eigenvalue weighted by atomic mass is 35.5. The number of aryl methyl sites for hydroxylation is 1. The van der Waals surface area contributed by atoms with E-state index in [1.165, 1.54) is 35.2 Å². The smallest absolute Gasteiger partial charge is 0.264 e. The standard InChI is InChI=1S/C28H30Cl3N3O4S/c1-18(2)32-28(36)20(4)33(16-21-6-5-7-22(29)12-21)27(35)17-34(25-14-23(30)13-24(31)15-25)39(37,38)26-10-8-19(3)9-11-26/h5-15,18,20H,16-17H2,1-4H3,(H,32,36). The van der Waals surface area contributed by atoms with Crippen molar-refractivity contribution in [2.45, 2.75) is 51.2 Å². The summed E-state index contributed by atoms with van der Waals surface area (Å²) >= 11 is 18.6. The second-order valence-electron chi connectivity index (χ2n) is 9.44. The average molecular weight is 611 g/mol. The van der Waals surface area contributed by atoms with Gasteiger partial charge in [-0.1, -0.05) is 64.6 Å². The van der Waals surface area contributed by atoms with E-state index in [0.717, 1.165) is 9.87 Å². The lowest BCUT2D eigenvalue weighted by atomic mass is 10.1. The van der Waals surface area contributed by atoms with Crippen molar-refractivity contribution in [3.63, 3.8) is 0 Å². The monoisotopic (exact) mass is 609 g/mol. The molecule has 0 saturated carbocycles. The first-order valence-corrected chi connectivity index (χ1v) is 14.7. The quantitative estimate of drug-likeness (QED) is 0.301. The van der Waals surface area contributed by atoms with Gasteiger partial charge in [0.2, 0.25) is 11.8 Å². The summed E-state index contributed by atoms with van der Waals surface area (Å²) in [5.41, 5.74) is 1.67. The van der Waals surface area contributed by atoms with E-state index in [-0.39, 0.29) is 39.1 Å².